The van der Waals surface area contributed by atoms with Crippen LogP contribution in [0.25, 0.3) is 0 Å². The highest BCUT2D eigenvalue weighted by Gasteiger charge is 2.44. The van der Waals surface area contributed by atoms with Crippen LogP contribution in [-0.4, -0.2) is 97.5 Å². The summed E-state index contributed by atoms with van der Waals surface area (Å²) in [5.74, 6) is 0.0570. The van der Waals surface area contributed by atoms with E-state index in [4.69, 9.17) is 4.74 Å². The van der Waals surface area contributed by atoms with Gasteiger partial charge in [-0.1, -0.05) is 27.7 Å². The Morgan fingerprint density at radius 1 is 1.14 bits per heavy atom. The molecule has 0 radical (unpaired) electrons. The van der Waals surface area contributed by atoms with E-state index in [0.29, 0.717) is 38.5 Å². The van der Waals surface area contributed by atoms with Gasteiger partial charge < -0.3 is 24.8 Å². The minimum absolute atomic E-state index is 0.0186. The molecule has 160 valence electrons. The number of carbonyl (C=O) groups is 3. The molecule has 0 aromatic rings. The molecule has 2 atom stereocenters. The molecule has 0 bridgehead atoms. The Balaban J connectivity index is 2.23. The van der Waals surface area contributed by atoms with Crippen LogP contribution in [0.15, 0.2) is 0 Å². The van der Waals surface area contributed by atoms with Crippen molar-refractivity contribution < 1.29 is 19.1 Å². The predicted molar refractivity (Wildman–Crippen MR) is 107 cm³/mol. The van der Waals surface area contributed by atoms with Gasteiger partial charge in [0, 0.05) is 52.3 Å². The van der Waals surface area contributed by atoms with Gasteiger partial charge in [-0.05, 0) is 12.3 Å². The molecule has 0 spiro atoms. The molecule has 2 aliphatic heterocycles. The molecule has 2 saturated heterocycles. The second kappa shape index (κ2) is 10.2. The van der Waals surface area contributed by atoms with Crippen molar-refractivity contribution in [3.8, 4) is 0 Å². The van der Waals surface area contributed by atoms with E-state index in [1.54, 1.807) is 4.90 Å². The third kappa shape index (κ3) is 5.44. The van der Waals surface area contributed by atoms with Crippen molar-refractivity contribution in [2.45, 2.75) is 46.2 Å². The summed E-state index contributed by atoms with van der Waals surface area (Å²) in [6.07, 6.45) is 0.489. The van der Waals surface area contributed by atoms with Crippen LogP contribution in [-0.2, 0) is 19.1 Å². The van der Waals surface area contributed by atoms with Crippen LogP contribution in [0.4, 0.5) is 0 Å². The lowest BCUT2D eigenvalue weighted by Gasteiger charge is -2.32. The van der Waals surface area contributed by atoms with Gasteiger partial charge in [0.15, 0.2) is 0 Å². The smallest absolute Gasteiger partial charge is 0.249 e. The number of rotatable bonds is 7. The number of piperazine rings is 1. The molecule has 8 nitrogen and oxygen atoms in total. The maximum Gasteiger partial charge on any atom is 0.249 e. The molecular weight excluding hydrogens is 360 g/mol. The number of nitrogens with one attached hydrogen (secondary N) is 1. The molecule has 1 N–H and O–H groups in total. The lowest BCUT2D eigenvalue weighted by molar-refractivity contribution is -0.146. The first-order valence-electron chi connectivity index (χ1n) is 10.3. The number of carbonyl (C=O) groups excluding carboxylic acids is 3. The summed E-state index contributed by atoms with van der Waals surface area (Å²) in [6.45, 7) is 11.7. The second-order valence-corrected chi connectivity index (χ2v) is 8.50. The molecule has 2 aliphatic rings. The molecule has 0 saturated carbocycles. The van der Waals surface area contributed by atoms with Gasteiger partial charge in [-0.25, -0.2) is 0 Å². The predicted octanol–water partition coefficient (Wildman–Crippen LogP) is 0.175. The fourth-order valence-electron chi connectivity index (χ4n) is 4.00. The van der Waals surface area contributed by atoms with Gasteiger partial charge in [-0.15, -0.1) is 0 Å². The Morgan fingerprint density at radius 2 is 1.79 bits per heavy atom. The maximum absolute atomic E-state index is 13.2. The van der Waals surface area contributed by atoms with Crippen molar-refractivity contribution >= 4 is 17.7 Å². The third-order valence-electron chi connectivity index (χ3n) is 5.36. The topological polar surface area (TPSA) is 82.2 Å². The van der Waals surface area contributed by atoms with Gasteiger partial charge in [0.2, 0.25) is 17.7 Å². The van der Waals surface area contributed by atoms with E-state index in [2.05, 4.69) is 19.2 Å². The average molecular weight is 397 g/mol. The molecule has 28 heavy (non-hydrogen) atoms. The lowest BCUT2D eigenvalue weighted by Crippen LogP contribution is -2.53. The van der Waals surface area contributed by atoms with Gasteiger partial charge in [0.25, 0.3) is 0 Å². The zero-order chi connectivity index (χ0) is 20.8. The maximum atomic E-state index is 13.2. The highest BCUT2D eigenvalue weighted by Crippen LogP contribution is 2.26. The molecule has 0 aromatic carbocycles. The second-order valence-electron chi connectivity index (χ2n) is 8.50. The van der Waals surface area contributed by atoms with Gasteiger partial charge in [0.1, 0.15) is 12.6 Å². The Bertz CT molecular complexity index is 560. The van der Waals surface area contributed by atoms with Crippen LogP contribution in [0.3, 0.4) is 0 Å². The zero-order valence-corrected chi connectivity index (χ0v) is 17.9. The van der Waals surface area contributed by atoms with Gasteiger partial charge in [0.05, 0.1) is 6.04 Å². The number of nitrogens with zero attached hydrogens (tertiary/aromatic N) is 3. The van der Waals surface area contributed by atoms with Gasteiger partial charge in [-0.2, -0.15) is 0 Å². The van der Waals surface area contributed by atoms with Crippen LogP contribution in [0.2, 0.25) is 0 Å². The van der Waals surface area contributed by atoms with Crippen molar-refractivity contribution in [1.29, 1.82) is 0 Å². The van der Waals surface area contributed by atoms with Crippen molar-refractivity contribution in [3.63, 3.8) is 0 Å². The SMILES string of the molecule is COCC(=O)N1CC(N(CC(C)C)C(=O)C(C)C)CC1C(=O)N1CCNCC1. The van der Waals surface area contributed by atoms with Gasteiger partial charge >= 0.3 is 0 Å². The Morgan fingerprint density at radius 3 is 2.32 bits per heavy atom. The molecule has 3 amide bonds. The standard InChI is InChI=1S/C20H36N4O4/c1-14(2)11-23(19(26)15(3)4)16-10-17(24(12-16)18(25)13-28-5)20(27)22-8-6-21-7-9-22/h14-17,21H,6-13H2,1-5H3. The summed E-state index contributed by atoms with van der Waals surface area (Å²) in [7, 11) is 1.48. The number of hydrogen-bond acceptors (Lipinski definition) is 5. The third-order valence-corrected chi connectivity index (χ3v) is 5.36. The van der Waals surface area contributed by atoms with Crippen LogP contribution in [0, 0.1) is 11.8 Å². The highest BCUT2D eigenvalue weighted by molar-refractivity contribution is 5.89. The lowest BCUT2D eigenvalue weighted by atomic mass is 10.0. The monoisotopic (exact) mass is 396 g/mol. The van der Waals surface area contributed by atoms with Crippen LogP contribution in [0.5, 0.6) is 0 Å². The number of amides is 3. The van der Waals surface area contributed by atoms with Crippen molar-refractivity contribution in [2.24, 2.45) is 11.8 Å². The van der Waals surface area contributed by atoms with E-state index < -0.39 is 6.04 Å². The largest absolute Gasteiger partial charge is 0.375 e. The van der Waals surface area contributed by atoms with E-state index in [-0.39, 0.29) is 36.3 Å². The summed E-state index contributed by atoms with van der Waals surface area (Å²) < 4.78 is 5.03. The Labute approximate surface area is 168 Å². The van der Waals surface area contributed by atoms with E-state index in [0.717, 1.165) is 13.1 Å². The molecule has 8 heteroatoms. The molecule has 2 heterocycles. The first kappa shape index (κ1) is 22.6. The van der Waals surface area contributed by atoms with E-state index >= 15 is 0 Å². The van der Waals surface area contributed by atoms with E-state index in [1.165, 1.54) is 7.11 Å². The van der Waals surface area contributed by atoms with Gasteiger partial charge in [-0.3, -0.25) is 14.4 Å². The number of likely N-dealkylation sites (tertiary alicyclic amines) is 1. The molecule has 0 aromatic heterocycles. The van der Waals surface area contributed by atoms with Crippen LogP contribution < -0.4 is 5.32 Å². The fourth-order valence-corrected chi connectivity index (χ4v) is 4.00. The highest BCUT2D eigenvalue weighted by atomic mass is 16.5. The van der Waals surface area contributed by atoms with Crippen molar-refractivity contribution in [1.82, 2.24) is 20.0 Å². The van der Waals surface area contributed by atoms with Crippen LogP contribution >= 0.6 is 0 Å². The van der Waals surface area contributed by atoms with Crippen molar-refractivity contribution in [3.05, 3.63) is 0 Å². The first-order chi connectivity index (χ1) is 13.3. The summed E-state index contributed by atoms with van der Waals surface area (Å²) >= 11 is 0. The molecule has 2 rings (SSSR count). The summed E-state index contributed by atoms with van der Waals surface area (Å²) in [4.78, 5) is 44.0. The fraction of sp³-hybridized carbons (Fsp3) is 0.850. The van der Waals surface area contributed by atoms with E-state index in [9.17, 15) is 14.4 Å². The molecular formula is C20H36N4O4. The summed E-state index contributed by atoms with van der Waals surface area (Å²) in [6, 6.07) is -0.671. The number of hydrogen-bond donors (Lipinski definition) is 1. The first-order valence-corrected chi connectivity index (χ1v) is 10.3. The molecule has 2 unspecified atom stereocenters. The van der Waals surface area contributed by atoms with Crippen molar-refractivity contribution in [2.75, 3.05) is 53.0 Å². The molecule has 2 fully saturated rings. The quantitative estimate of drug-likeness (QED) is 0.664. The zero-order valence-electron chi connectivity index (χ0n) is 17.9. The summed E-state index contributed by atoms with van der Waals surface area (Å²) in [5.41, 5.74) is 0. The Hall–Kier alpha value is -1.67. The normalized spacial score (nSPS) is 22.8. The Kier molecular flexibility index (Phi) is 8.24. The van der Waals surface area contributed by atoms with Crippen LogP contribution in [0.1, 0.15) is 34.1 Å². The summed E-state index contributed by atoms with van der Waals surface area (Å²) in [5, 5.41) is 3.24. The minimum Gasteiger partial charge on any atom is -0.375 e. The minimum atomic E-state index is -0.527. The van der Waals surface area contributed by atoms with E-state index in [1.807, 2.05) is 23.6 Å². The number of methoxy groups -OCH3 is 1. The molecule has 0 aliphatic carbocycles. The average Bonchev–Trinajstić information content (AvgIpc) is 3.10. The number of ether oxygens (including phenoxy) is 1.